The molecule has 0 radical (unpaired) electrons. The van der Waals surface area contributed by atoms with Crippen LogP contribution >= 0.6 is 23.2 Å². The third kappa shape index (κ3) is 3.59. The average molecular weight is 228 g/mol. The van der Waals surface area contributed by atoms with Gasteiger partial charge in [0.05, 0.1) is 5.02 Å². The second-order valence-electron chi connectivity index (χ2n) is 2.82. The second kappa shape index (κ2) is 5.93. The smallest absolute Gasteiger partial charge is 0.0577 e. The zero-order chi connectivity index (χ0) is 10.4. The number of rotatable bonds is 2. The number of benzene rings is 1. The van der Waals surface area contributed by atoms with Gasteiger partial charge >= 0.3 is 0 Å². The van der Waals surface area contributed by atoms with E-state index >= 15 is 0 Å². The molecule has 3 heteroatoms. The molecule has 0 fully saturated rings. The van der Waals surface area contributed by atoms with E-state index in [-0.39, 0.29) is 0 Å². The summed E-state index contributed by atoms with van der Waals surface area (Å²) in [6, 6.07) is 5.29. The standard InChI is InChI=1S/C11H11Cl2N/c12-10-6-5-9(11(13)8-10)4-2-1-3-7-14/h5-6,8H,1,3,7,14H2. The van der Waals surface area contributed by atoms with Crippen LogP contribution in [-0.4, -0.2) is 6.54 Å². The number of hydrogen-bond donors (Lipinski definition) is 1. The first-order chi connectivity index (χ1) is 6.74. The minimum Gasteiger partial charge on any atom is -0.330 e. The van der Waals surface area contributed by atoms with E-state index in [4.69, 9.17) is 28.9 Å². The highest BCUT2D eigenvalue weighted by molar-refractivity contribution is 6.35. The summed E-state index contributed by atoms with van der Waals surface area (Å²) in [4.78, 5) is 0. The van der Waals surface area contributed by atoms with Crippen molar-refractivity contribution in [2.24, 2.45) is 5.73 Å². The Kier molecular flexibility index (Phi) is 4.82. The van der Waals surface area contributed by atoms with Gasteiger partial charge in [0.2, 0.25) is 0 Å². The maximum Gasteiger partial charge on any atom is 0.0577 e. The van der Waals surface area contributed by atoms with Gasteiger partial charge in [0.15, 0.2) is 0 Å². The third-order valence-corrected chi connectivity index (χ3v) is 2.21. The highest BCUT2D eigenvalue weighted by Gasteiger charge is 1.96. The van der Waals surface area contributed by atoms with Gasteiger partial charge in [0.25, 0.3) is 0 Å². The van der Waals surface area contributed by atoms with Crippen LogP contribution in [0.2, 0.25) is 10.0 Å². The molecule has 0 saturated carbocycles. The van der Waals surface area contributed by atoms with Crippen molar-refractivity contribution >= 4 is 23.2 Å². The molecule has 0 bridgehead atoms. The van der Waals surface area contributed by atoms with Gasteiger partial charge in [-0.3, -0.25) is 0 Å². The summed E-state index contributed by atoms with van der Waals surface area (Å²) in [5, 5.41) is 1.22. The molecule has 0 aliphatic carbocycles. The molecule has 0 unspecified atom stereocenters. The van der Waals surface area contributed by atoms with Crippen molar-refractivity contribution in [3.63, 3.8) is 0 Å². The van der Waals surface area contributed by atoms with Gasteiger partial charge in [-0.25, -0.2) is 0 Å². The first-order valence-electron chi connectivity index (χ1n) is 4.38. The molecular formula is C11H11Cl2N. The Morgan fingerprint density at radius 1 is 1.29 bits per heavy atom. The fourth-order valence-electron chi connectivity index (χ4n) is 0.939. The molecule has 1 rings (SSSR count). The summed E-state index contributed by atoms with van der Waals surface area (Å²) in [6.07, 6.45) is 1.72. The molecule has 0 aliphatic heterocycles. The van der Waals surface area contributed by atoms with E-state index in [1.165, 1.54) is 0 Å². The predicted octanol–water partition coefficient (Wildman–Crippen LogP) is 3.08. The zero-order valence-electron chi connectivity index (χ0n) is 7.69. The van der Waals surface area contributed by atoms with Crippen molar-refractivity contribution in [3.05, 3.63) is 33.8 Å². The van der Waals surface area contributed by atoms with Gasteiger partial charge in [0, 0.05) is 17.0 Å². The summed E-state index contributed by atoms with van der Waals surface area (Å²) in [7, 11) is 0. The Balaban J connectivity index is 2.70. The van der Waals surface area contributed by atoms with Crippen LogP contribution in [-0.2, 0) is 0 Å². The van der Waals surface area contributed by atoms with Crippen LogP contribution in [0.1, 0.15) is 18.4 Å². The van der Waals surface area contributed by atoms with E-state index in [9.17, 15) is 0 Å². The van der Waals surface area contributed by atoms with Crippen molar-refractivity contribution < 1.29 is 0 Å². The highest BCUT2D eigenvalue weighted by Crippen LogP contribution is 2.19. The van der Waals surface area contributed by atoms with E-state index in [0.29, 0.717) is 16.6 Å². The van der Waals surface area contributed by atoms with Gasteiger partial charge in [-0.15, -0.1) is 0 Å². The van der Waals surface area contributed by atoms with Crippen LogP contribution in [0.3, 0.4) is 0 Å². The van der Waals surface area contributed by atoms with Gasteiger partial charge in [-0.2, -0.15) is 0 Å². The molecule has 0 amide bonds. The summed E-state index contributed by atoms with van der Waals surface area (Å²) in [6.45, 7) is 0.670. The molecule has 0 aromatic heterocycles. The lowest BCUT2D eigenvalue weighted by Gasteiger charge is -1.95. The SMILES string of the molecule is NCCCC#Cc1ccc(Cl)cc1Cl. The molecule has 0 aliphatic rings. The first kappa shape index (κ1) is 11.4. The molecule has 74 valence electrons. The Morgan fingerprint density at radius 3 is 2.71 bits per heavy atom. The lowest BCUT2D eigenvalue weighted by atomic mass is 10.2. The third-order valence-electron chi connectivity index (χ3n) is 1.66. The Labute approximate surface area is 94.2 Å². The maximum absolute atomic E-state index is 5.93. The topological polar surface area (TPSA) is 26.0 Å². The molecule has 0 heterocycles. The van der Waals surface area contributed by atoms with Crippen molar-refractivity contribution in [1.82, 2.24) is 0 Å². The molecule has 0 spiro atoms. The fourth-order valence-corrected chi connectivity index (χ4v) is 1.39. The van der Waals surface area contributed by atoms with Crippen molar-refractivity contribution in [1.29, 1.82) is 0 Å². The molecule has 1 aromatic rings. The minimum absolute atomic E-state index is 0.595. The van der Waals surface area contributed by atoms with E-state index in [1.54, 1.807) is 12.1 Å². The first-order valence-corrected chi connectivity index (χ1v) is 5.13. The van der Waals surface area contributed by atoms with Gasteiger partial charge in [0.1, 0.15) is 0 Å². The zero-order valence-corrected chi connectivity index (χ0v) is 9.20. The van der Waals surface area contributed by atoms with E-state index < -0.39 is 0 Å². The molecule has 1 nitrogen and oxygen atoms in total. The second-order valence-corrected chi connectivity index (χ2v) is 3.66. The number of hydrogen-bond acceptors (Lipinski definition) is 1. The predicted molar refractivity (Wildman–Crippen MR) is 61.6 cm³/mol. The summed E-state index contributed by atoms with van der Waals surface area (Å²) < 4.78 is 0. The molecule has 14 heavy (non-hydrogen) atoms. The largest absolute Gasteiger partial charge is 0.330 e. The molecule has 2 N–H and O–H groups in total. The fraction of sp³-hybridized carbons (Fsp3) is 0.273. The van der Waals surface area contributed by atoms with Gasteiger partial charge in [-0.1, -0.05) is 35.0 Å². The van der Waals surface area contributed by atoms with Crippen molar-refractivity contribution in [2.75, 3.05) is 6.54 Å². The number of nitrogens with two attached hydrogens (primary N) is 1. The number of unbranched alkanes of at least 4 members (excludes halogenated alkanes) is 1. The van der Waals surface area contributed by atoms with Crippen LogP contribution in [0.4, 0.5) is 0 Å². The molecule has 0 saturated heterocycles. The molecule has 1 aromatic carbocycles. The highest BCUT2D eigenvalue weighted by atomic mass is 35.5. The van der Waals surface area contributed by atoms with E-state index in [1.807, 2.05) is 6.07 Å². The Bertz CT molecular complexity index is 363. The summed E-state index contributed by atoms with van der Waals surface area (Å²) >= 11 is 11.7. The van der Waals surface area contributed by atoms with Gasteiger partial charge < -0.3 is 5.73 Å². The van der Waals surface area contributed by atoms with Crippen LogP contribution in [0, 0.1) is 11.8 Å². The van der Waals surface area contributed by atoms with Crippen LogP contribution in [0.15, 0.2) is 18.2 Å². The van der Waals surface area contributed by atoms with Crippen molar-refractivity contribution in [2.45, 2.75) is 12.8 Å². The average Bonchev–Trinajstić information content (AvgIpc) is 2.15. The quantitative estimate of drug-likeness (QED) is 0.610. The number of halogens is 2. The van der Waals surface area contributed by atoms with Crippen LogP contribution in [0.5, 0.6) is 0 Å². The lowest BCUT2D eigenvalue weighted by molar-refractivity contribution is 0.870. The Hall–Kier alpha value is -0.680. The van der Waals surface area contributed by atoms with E-state index in [2.05, 4.69) is 11.8 Å². The van der Waals surface area contributed by atoms with E-state index in [0.717, 1.165) is 18.4 Å². The molecular weight excluding hydrogens is 217 g/mol. The van der Waals surface area contributed by atoms with Crippen molar-refractivity contribution in [3.8, 4) is 11.8 Å². The normalized spacial score (nSPS) is 9.36. The van der Waals surface area contributed by atoms with Crippen LogP contribution < -0.4 is 5.73 Å². The minimum atomic E-state index is 0.595. The maximum atomic E-state index is 5.93. The monoisotopic (exact) mass is 227 g/mol. The molecule has 0 atom stereocenters. The van der Waals surface area contributed by atoms with Crippen LogP contribution in [0.25, 0.3) is 0 Å². The lowest BCUT2D eigenvalue weighted by Crippen LogP contribution is -1.96. The Morgan fingerprint density at radius 2 is 2.07 bits per heavy atom. The summed E-state index contributed by atoms with van der Waals surface area (Å²) in [5.74, 6) is 5.98. The summed E-state index contributed by atoms with van der Waals surface area (Å²) in [5.41, 5.74) is 6.16. The van der Waals surface area contributed by atoms with Gasteiger partial charge in [-0.05, 0) is 31.2 Å².